The molecular weight excluding hydrogens is 379 g/mol. The second kappa shape index (κ2) is 8.05. The predicted octanol–water partition coefficient (Wildman–Crippen LogP) is 2.87. The molecule has 1 aliphatic rings. The zero-order valence-electron chi connectivity index (χ0n) is 13.7. The van der Waals surface area contributed by atoms with Gasteiger partial charge in [0.15, 0.2) is 9.84 Å². The van der Waals surface area contributed by atoms with E-state index in [9.17, 15) is 17.6 Å². The van der Waals surface area contributed by atoms with E-state index in [1.807, 2.05) is 0 Å². The molecule has 1 fully saturated rings. The number of hydrogen-bond donors (Lipinski definition) is 1. The molecule has 1 saturated heterocycles. The van der Waals surface area contributed by atoms with E-state index in [0.29, 0.717) is 23.7 Å². The number of sulfone groups is 1. The first-order valence-electron chi connectivity index (χ1n) is 7.91. The number of carbonyl (C=O) groups excluding carboxylic acids is 1. The molecule has 2 heterocycles. The number of carbonyl (C=O) groups is 1. The molecule has 0 aliphatic carbocycles. The third kappa shape index (κ3) is 5.43. The zero-order chi connectivity index (χ0) is 18.6. The molecule has 0 unspecified atom stereocenters. The van der Waals surface area contributed by atoms with E-state index in [1.165, 1.54) is 42.2 Å². The Balaban J connectivity index is 1.47. The lowest BCUT2D eigenvalue weighted by molar-refractivity contribution is -0.113. The Morgan fingerprint density at radius 1 is 1.27 bits per heavy atom. The summed E-state index contributed by atoms with van der Waals surface area (Å²) in [7, 11) is -2.93. The highest BCUT2D eigenvalue weighted by Gasteiger charge is 2.28. The van der Waals surface area contributed by atoms with Gasteiger partial charge in [0.25, 0.3) is 0 Å². The number of rotatable bonds is 6. The molecular formula is C17H17FN2O4S2. The average Bonchev–Trinajstić information content (AvgIpc) is 2.96. The molecule has 1 N–H and O–H groups in total. The molecule has 1 aromatic heterocycles. The van der Waals surface area contributed by atoms with Crippen molar-refractivity contribution >= 4 is 33.2 Å². The summed E-state index contributed by atoms with van der Waals surface area (Å²) in [6.45, 7) is 0. The highest BCUT2D eigenvalue weighted by molar-refractivity contribution is 8.02. The number of ether oxygens (including phenoxy) is 1. The van der Waals surface area contributed by atoms with Crippen LogP contribution in [0.5, 0.6) is 11.6 Å². The summed E-state index contributed by atoms with van der Waals surface area (Å²) in [5.74, 6) is 0.741. The van der Waals surface area contributed by atoms with E-state index in [-0.39, 0.29) is 34.2 Å². The summed E-state index contributed by atoms with van der Waals surface area (Å²) in [5.41, 5.74) is 0.515. The maximum absolute atomic E-state index is 12.9. The summed E-state index contributed by atoms with van der Waals surface area (Å²) in [6.07, 6.45) is 2.05. The lowest BCUT2D eigenvalue weighted by Gasteiger charge is -2.09. The van der Waals surface area contributed by atoms with Crippen LogP contribution >= 0.6 is 11.8 Å². The molecule has 0 radical (unpaired) electrons. The normalized spacial score (nSPS) is 18.4. The highest BCUT2D eigenvalue weighted by Crippen LogP contribution is 2.25. The molecule has 2 aromatic rings. The van der Waals surface area contributed by atoms with E-state index >= 15 is 0 Å². The van der Waals surface area contributed by atoms with Crippen molar-refractivity contribution < 1.29 is 22.3 Å². The average molecular weight is 396 g/mol. The van der Waals surface area contributed by atoms with Crippen molar-refractivity contribution in [3.05, 3.63) is 48.4 Å². The highest BCUT2D eigenvalue weighted by atomic mass is 32.2. The predicted molar refractivity (Wildman–Crippen MR) is 98.9 cm³/mol. The SMILES string of the molecule is O=C(CS[C@@H]1CCS(=O)(=O)C1)Nc1ccc(Oc2ccc(F)cc2)nc1. The van der Waals surface area contributed by atoms with Gasteiger partial charge in [0.05, 0.1) is 29.1 Å². The molecule has 9 heteroatoms. The van der Waals surface area contributed by atoms with Gasteiger partial charge in [0.1, 0.15) is 11.6 Å². The maximum Gasteiger partial charge on any atom is 0.234 e. The minimum Gasteiger partial charge on any atom is -0.439 e. The topological polar surface area (TPSA) is 85.4 Å². The first-order chi connectivity index (χ1) is 12.4. The minimum absolute atomic E-state index is 0.0182. The van der Waals surface area contributed by atoms with Crippen LogP contribution in [0.4, 0.5) is 10.1 Å². The molecule has 3 rings (SSSR count). The number of benzene rings is 1. The molecule has 0 bridgehead atoms. The number of pyridine rings is 1. The van der Waals surface area contributed by atoms with Crippen LogP contribution in [-0.2, 0) is 14.6 Å². The van der Waals surface area contributed by atoms with Crippen LogP contribution in [0.15, 0.2) is 42.6 Å². The summed E-state index contributed by atoms with van der Waals surface area (Å²) in [5, 5.41) is 2.69. The van der Waals surface area contributed by atoms with E-state index in [0.717, 1.165) is 0 Å². The fourth-order valence-corrected chi connectivity index (χ4v) is 5.86. The number of thioether (sulfide) groups is 1. The van der Waals surface area contributed by atoms with Gasteiger partial charge in [-0.2, -0.15) is 0 Å². The van der Waals surface area contributed by atoms with E-state index in [2.05, 4.69) is 10.3 Å². The Bertz CT molecular complexity index is 871. The third-order valence-electron chi connectivity index (χ3n) is 3.70. The number of hydrogen-bond acceptors (Lipinski definition) is 6. The fourth-order valence-electron chi connectivity index (χ4n) is 2.42. The summed E-state index contributed by atoms with van der Waals surface area (Å²) < 4.78 is 41.1. The van der Waals surface area contributed by atoms with Crippen LogP contribution in [0.1, 0.15) is 6.42 Å². The Morgan fingerprint density at radius 2 is 2.04 bits per heavy atom. The second-order valence-electron chi connectivity index (χ2n) is 5.83. The van der Waals surface area contributed by atoms with Crippen molar-refractivity contribution in [3.8, 4) is 11.6 Å². The number of anilines is 1. The number of halogens is 1. The van der Waals surface area contributed by atoms with Gasteiger partial charge in [-0.05, 0) is 36.8 Å². The van der Waals surface area contributed by atoms with Crippen molar-refractivity contribution in [1.29, 1.82) is 0 Å². The molecule has 1 aliphatic heterocycles. The molecule has 1 amide bonds. The zero-order valence-corrected chi connectivity index (χ0v) is 15.4. The van der Waals surface area contributed by atoms with Gasteiger partial charge in [-0.25, -0.2) is 17.8 Å². The molecule has 6 nitrogen and oxygen atoms in total. The Morgan fingerprint density at radius 3 is 2.65 bits per heavy atom. The third-order valence-corrected chi connectivity index (χ3v) is 6.98. The van der Waals surface area contributed by atoms with Crippen molar-refractivity contribution in [1.82, 2.24) is 4.98 Å². The first-order valence-corrected chi connectivity index (χ1v) is 10.8. The number of aromatic nitrogens is 1. The smallest absolute Gasteiger partial charge is 0.234 e. The summed E-state index contributed by atoms with van der Waals surface area (Å²) >= 11 is 1.35. The van der Waals surface area contributed by atoms with Gasteiger partial charge in [-0.15, -0.1) is 11.8 Å². The maximum atomic E-state index is 12.9. The largest absolute Gasteiger partial charge is 0.439 e. The Labute approximate surface area is 155 Å². The molecule has 0 saturated carbocycles. The van der Waals surface area contributed by atoms with Crippen LogP contribution in [-0.4, -0.2) is 41.8 Å². The lowest BCUT2D eigenvalue weighted by Crippen LogP contribution is -2.17. The van der Waals surface area contributed by atoms with Crippen LogP contribution in [0.3, 0.4) is 0 Å². The van der Waals surface area contributed by atoms with Crippen molar-refractivity contribution in [2.45, 2.75) is 11.7 Å². The Kier molecular flexibility index (Phi) is 5.77. The van der Waals surface area contributed by atoms with Gasteiger partial charge in [0, 0.05) is 11.3 Å². The van der Waals surface area contributed by atoms with E-state index in [1.54, 1.807) is 12.1 Å². The summed E-state index contributed by atoms with van der Waals surface area (Å²) in [6, 6.07) is 8.80. The first kappa shape index (κ1) is 18.7. The van der Waals surface area contributed by atoms with Gasteiger partial charge in [-0.3, -0.25) is 4.79 Å². The number of nitrogens with one attached hydrogen (secondary N) is 1. The van der Waals surface area contributed by atoms with Gasteiger partial charge in [-0.1, -0.05) is 0 Å². The standard InChI is InChI=1S/C17H17FN2O4S2/c18-12-1-4-14(5-2-12)24-17-6-3-13(9-19-17)20-16(21)10-25-15-7-8-26(22,23)11-15/h1-6,9,15H,7-8,10-11H2,(H,20,21)/t15-/m1/s1. The van der Waals surface area contributed by atoms with Crippen LogP contribution in [0.2, 0.25) is 0 Å². The van der Waals surface area contributed by atoms with E-state index in [4.69, 9.17) is 4.74 Å². The second-order valence-corrected chi connectivity index (χ2v) is 9.34. The van der Waals surface area contributed by atoms with Crippen LogP contribution in [0, 0.1) is 5.82 Å². The molecule has 1 atom stereocenters. The van der Waals surface area contributed by atoms with E-state index < -0.39 is 9.84 Å². The molecule has 1 aromatic carbocycles. The van der Waals surface area contributed by atoms with Crippen molar-refractivity contribution in [2.24, 2.45) is 0 Å². The minimum atomic E-state index is -2.93. The molecule has 0 spiro atoms. The summed E-state index contributed by atoms with van der Waals surface area (Å²) in [4.78, 5) is 16.1. The number of amides is 1. The Hall–Kier alpha value is -2.13. The quantitative estimate of drug-likeness (QED) is 0.808. The molecule has 138 valence electrons. The monoisotopic (exact) mass is 396 g/mol. The van der Waals surface area contributed by atoms with Gasteiger partial charge in [0.2, 0.25) is 11.8 Å². The van der Waals surface area contributed by atoms with Crippen LogP contribution < -0.4 is 10.1 Å². The van der Waals surface area contributed by atoms with Crippen molar-refractivity contribution in [2.75, 3.05) is 22.6 Å². The fraction of sp³-hybridized carbons (Fsp3) is 0.294. The van der Waals surface area contributed by atoms with Gasteiger partial charge < -0.3 is 10.1 Å². The van der Waals surface area contributed by atoms with Crippen LogP contribution in [0.25, 0.3) is 0 Å². The van der Waals surface area contributed by atoms with Crippen molar-refractivity contribution in [3.63, 3.8) is 0 Å². The lowest BCUT2D eigenvalue weighted by atomic mass is 10.3. The van der Waals surface area contributed by atoms with Gasteiger partial charge >= 0.3 is 0 Å². The number of nitrogens with zero attached hydrogens (tertiary/aromatic N) is 1. The molecule has 26 heavy (non-hydrogen) atoms.